The number of carboxylic acid groups (broad SMARTS) is 4. The van der Waals surface area contributed by atoms with Gasteiger partial charge in [-0.05, 0) is 69.0 Å². The van der Waals surface area contributed by atoms with Crippen LogP contribution in [0.5, 0.6) is 0 Å². The van der Waals surface area contributed by atoms with E-state index in [-0.39, 0.29) is 65.1 Å². The van der Waals surface area contributed by atoms with E-state index in [1.54, 1.807) is 19.9 Å². The van der Waals surface area contributed by atoms with Crippen molar-refractivity contribution < 1.29 is 69.0 Å². The van der Waals surface area contributed by atoms with Crippen molar-refractivity contribution in [2.75, 3.05) is 23.7 Å². The van der Waals surface area contributed by atoms with Gasteiger partial charge in [-0.2, -0.15) is 0 Å². The molecule has 0 radical (unpaired) electrons. The Labute approximate surface area is 386 Å². The van der Waals surface area contributed by atoms with Crippen LogP contribution in [-0.2, 0) is 28.8 Å². The molecule has 0 aromatic heterocycles. The molecule has 0 unspecified atom stereocenters. The third kappa shape index (κ3) is 9.28. The number of benzene rings is 2. The number of aliphatic carboxylic acids is 2. The molecule has 5 aliphatic heterocycles. The van der Waals surface area contributed by atoms with Crippen LogP contribution in [0.1, 0.15) is 61.3 Å². The molecule has 2 aromatic carbocycles. The fourth-order valence-corrected chi connectivity index (χ4v) is 12.8. The maximum absolute atomic E-state index is 15.1. The van der Waals surface area contributed by atoms with E-state index < -0.39 is 118 Å². The highest BCUT2D eigenvalue weighted by atomic mass is 32.2. The Morgan fingerprint density at radius 2 is 1.44 bits per heavy atom. The summed E-state index contributed by atoms with van der Waals surface area (Å²) < 4.78 is 0. The molecular weight excluding hydrogens is 901 g/mol. The summed E-state index contributed by atoms with van der Waals surface area (Å²) >= 11 is 2.40. The van der Waals surface area contributed by atoms with E-state index in [1.807, 2.05) is 0 Å². The molecule has 0 bridgehead atoms. The number of aliphatic hydroxyl groups excluding tert-OH is 2. The van der Waals surface area contributed by atoms with E-state index in [2.05, 4.69) is 16.0 Å². The molecule has 3 fully saturated rings. The minimum absolute atomic E-state index is 0.0174. The lowest BCUT2D eigenvalue weighted by Crippen LogP contribution is -2.63. The topological polar surface area (TPSA) is 313 Å². The van der Waals surface area contributed by atoms with Crippen LogP contribution >= 0.6 is 23.5 Å². The third-order valence-corrected chi connectivity index (χ3v) is 16.1. The van der Waals surface area contributed by atoms with Crippen molar-refractivity contribution in [1.82, 2.24) is 15.1 Å². The van der Waals surface area contributed by atoms with Gasteiger partial charge in [-0.25, -0.2) is 14.4 Å². The minimum atomic E-state index is -1.43. The number of hydrogen-bond acceptors (Lipinski definition) is 14. The summed E-state index contributed by atoms with van der Waals surface area (Å²) in [7, 11) is 0. The molecule has 0 spiro atoms. The molecule has 5 aliphatic rings. The zero-order valence-corrected chi connectivity index (χ0v) is 37.7. The normalized spacial score (nSPS) is 29.4. The van der Waals surface area contributed by atoms with Gasteiger partial charge >= 0.3 is 23.9 Å². The summed E-state index contributed by atoms with van der Waals surface area (Å²) in [5.41, 5.74) is -0.0479. The molecule has 9 N–H and O–H groups in total. The fraction of sp³-hybridized carbons (Fsp3) is 0.477. The van der Waals surface area contributed by atoms with Crippen molar-refractivity contribution in [1.29, 1.82) is 0 Å². The number of likely N-dealkylation sites (tertiary alicyclic amines) is 1. The van der Waals surface area contributed by atoms with Gasteiger partial charge in [0.25, 0.3) is 5.91 Å². The second-order valence-electron chi connectivity index (χ2n) is 17.3. The second kappa shape index (κ2) is 19.2. The SMILES string of the molecule is C[C@@H]1[C@H]([C@H](C(=O)O)[C@@H](C)O)N=C(C(=O)N2C[C@@H](SC3=C(C(=O)O)N4C(=O)[C@H]([C@@H](C)O)[C@H]4[C@H]3C)C[C@H]2C(=O)Nc2cccc(C(=O)O)c2)[C@@H]1S[C@@H]1CN[C@H](C(=O)Nc2cccc(C(=O)O)c2)C1. The monoisotopic (exact) mass is 950 g/mol. The Balaban J connectivity index is 1.18. The number of aliphatic hydroxyl groups is 2. The van der Waals surface area contributed by atoms with E-state index in [0.717, 1.165) is 11.8 Å². The maximum atomic E-state index is 15.1. The zero-order chi connectivity index (χ0) is 48.0. The molecule has 2 aromatic rings. The Hall–Kier alpha value is -5.81. The summed E-state index contributed by atoms with van der Waals surface area (Å²) in [4.78, 5) is 112. The summed E-state index contributed by atoms with van der Waals surface area (Å²) in [5, 5.41) is 67.4. The molecule has 352 valence electrons. The molecule has 4 amide bonds. The number of carbonyl (C=O) groups excluding carboxylic acids is 4. The number of rotatable bonds is 16. The molecule has 3 saturated heterocycles. The molecule has 0 aliphatic carbocycles. The lowest BCUT2D eigenvalue weighted by molar-refractivity contribution is -0.163. The average molecular weight is 951 g/mol. The van der Waals surface area contributed by atoms with Crippen LogP contribution in [0, 0.1) is 23.7 Å². The molecule has 0 saturated carbocycles. The lowest BCUT2D eigenvalue weighted by Gasteiger charge is -2.46. The fourth-order valence-electron chi connectivity index (χ4n) is 9.68. The van der Waals surface area contributed by atoms with Gasteiger partial charge in [0.1, 0.15) is 23.4 Å². The van der Waals surface area contributed by atoms with Crippen molar-refractivity contribution in [3.63, 3.8) is 0 Å². The number of fused-ring (bicyclic) bond motifs is 1. The number of nitrogens with zero attached hydrogens (tertiary/aromatic N) is 3. The molecule has 5 heterocycles. The minimum Gasteiger partial charge on any atom is -0.481 e. The van der Waals surface area contributed by atoms with Crippen LogP contribution < -0.4 is 16.0 Å². The number of nitrogens with one attached hydrogen (secondary N) is 3. The number of anilines is 2. The smallest absolute Gasteiger partial charge is 0.353 e. The van der Waals surface area contributed by atoms with E-state index >= 15 is 4.79 Å². The highest BCUT2D eigenvalue weighted by Gasteiger charge is 2.61. The molecular formula is C44H50N6O14S2. The highest BCUT2D eigenvalue weighted by Crippen LogP contribution is 2.52. The van der Waals surface area contributed by atoms with E-state index in [1.165, 1.54) is 77.9 Å². The predicted octanol–water partition coefficient (Wildman–Crippen LogP) is 1.89. The summed E-state index contributed by atoms with van der Waals surface area (Å²) in [5.74, 6) is -10.9. The van der Waals surface area contributed by atoms with Gasteiger partial charge < -0.3 is 56.4 Å². The lowest BCUT2D eigenvalue weighted by atomic mass is 9.79. The summed E-state index contributed by atoms with van der Waals surface area (Å²) in [6.07, 6.45) is -2.21. The van der Waals surface area contributed by atoms with Crippen LogP contribution in [0.25, 0.3) is 0 Å². The third-order valence-electron chi connectivity index (χ3n) is 12.9. The first-order valence-electron chi connectivity index (χ1n) is 21.3. The van der Waals surface area contributed by atoms with E-state index in [9.17, 15) is 64.2 Å². The Kier molecular flexibility index (Phi) is 14.0. The largest absolute Gasteiger partial charge is 0.481 e. The quantitative estimate of drug-likeness (QED) is 0.109. The first-order chi connectivity index (χ1) is 31.2. The van der Waals surface area contributed by atoms with Gasteiger partial charge in [0.2, 0.25) is 17.7 Å². The summed E-state index contributed by atoms with van der Waals surface area (Å²) in [6.45, 7) is 6.37. The van der Waals surface area contributed by atoms with Gasteiger partial charge in [-0.15, -0.1) is 23.5 Å². The van der Waals surface area contributed by atoms with Crippen molar-refractivity contribution in [2.45, 2.75) is 92.7 Å². The van der Waals surface area contributed by atoms with Gasteiger partial charge in [0.05, 0.1) is 52.6 Å². The average Bonchev–Trinajstić information content (AvgIpc) is 4.02. The van der Waals surface area contributed by atoms with Gasteiger partial charge in [-0.3, -0.25) is 29.0 Å². The van der Waals surface area contributed by atoms with Crippen LogP contribution in [0.4, 0.5) is 11.4 Å². The molecule has 66 heavy (non-hydrogen) atoms. The Morgan fingerprint density at radius 3 is 1.98 bits per heavy atom. The Morgan fingerprint density at radius 1 is 0.833 bits per heavy atom. The van der Waals surface area contributed by atoms with Crippen molar-refractivity contribution in [3.8, 4) is 0 Å². The van der Waals surface area contributed by atoms with Crippen molar-refractivity contribution >= 4 is 88.1 Å². The number of carbonyl (C=O) groups is 8. The van der Waals surface area contributed by atoms with E-state index in [0.29, 0.717) is 4.91 Å². The second-order valence-corrected chi connectivity index (χ2v) is 20.1. The predicted molar refractivity (Wildman–Crippen MR) is 240 cm³/mol. The number of aliphatic imine (C=N–C) groups is 1. The zero-order valence-electron chi connectivity index (χ0n) is 36.1. The van der Waals surface area contributed by atoms with Gasteiger partial charge in [-0.1, -0.05) is 26.0 Å². The van der Waals surface area contributed by atoms with E-state index in [4.69, 9.17) is 4.99 Å². The van der Waals surface area contributed by atoms with Gasteiger partial charge in [0.15, 0.2) is 0 Å². The first-order valence-corrected chi connectivity index (χ1v) is 23.1. The maximum Gasteiger partial charge on any atom is 0.353 e. The number of aromatic carboxylic acids is 2. The van der Waals surface area contributed by atoms with Crippen LogP contribution in [0.3, 0.4) is 0 Å². The van der Waals surface area contributed by atoms with Crippen LogP contribution in [0.15, 0.2) is 64.1 Å². The van der Waals surface area contributed by atoms with Crippen molar-refractivity contribution in [2.24, 2.45) is 28.7 Å². The molecule has 7 rings (SSSR count). The van der Waals surface area contributed by atoms with Gasteiger partial charge in [0, 0.05) is 45.8 Å². The highest BCUT2D eigenvalue weighted by molar-refractivity contribution is 8.03. The molecule has 22 heteroatoms. The van der Waals surface area contributed by atoms with Crippen LogP contribution in [-0.4, -0.2) is 159 Å². The van der Waals surface area contributed by atoms with Crippen molar-refractivity contribution in [3.05, 3.63) is 70.3 Å². The number of amides is 4. The molecule has 13 atom stereocenters. The Bertz CT molecular complexity index is 2430. The van der Waals surface area contributed by atoms with Crippen LogP contribution in [0.2, 0.25) is 0 Å². The number of thioether (sulfide) groups is 2. The molecule has 20 nitrogen and oxygen atoms in total. The number of carboxylic acids is 4. The summed E-state index contributed by atoms with van der Waals surface area (Å²) in [6, 6.07) is 7.56. The number of β-lactam (4-membered cyclic amide) rings is 1. The first kappa shape index (κ1) is 48.1. The number of hydrogen-bond donors (Lipinski definition) is 9. The standard InChI is InChI=1S/C44H50N6O14S2/c1-17-31(29(19(3)51)43(61)62)48-32(35(17)65-25-13-27(45-15-25)37(53)46-23-9-5-7-21(11-23)41(57)58)40(56)49-16-26(14-28(49)38(54)47-24-10-6-8-22(12-24)42(59)60)66-36-18(2)33-30(20(4)52)39(55)50(33)34(36)44(63)64/h5-12,17-20,25-31,33,35,45,51-52H,13-16H2,1-4H3,(H,46,53)(H,47,54)(H,57,58)(H,59,60)(H,61,62)(H,63,64)/t17-,18-,19-,20-,25+,26+,27+,28+,29-,30-,31-,33-,35-/m1/s1.